The average Bonchev–Trinajstić information content (AvgIpc) is 3.03. The Kier molecular flexibility index (Phi) is 6.52. The predicted molar refractivity (Wildman–Crippen MR) is 117 cm³/mol. The first-order valence-corrected chi connectivity index (χ1v) is 12.7. The Labute approximate surface area is 182 Å². The third-order valence-corrected chi connectivity index (χ3v) is 8.47. The van der Waals surface area contributed by atoms with E-state index in [1.54, 1.807) is 13.1 Å². The molecule has 1 N–H and O–H groups in total. The molecule has 31 heavy (non-hydrogen) atoms. The van der Waals surface area contributed by atoms with Gasteiger partial charge < -0.3 is 9.73 Å². The minimum absolute atomic E-state index is 0.0324. The highest BCUT2D eigenvalue weighted by Crippen LogP contribution is 2.26. The summed E-state index contributed by atoms with van der Waals surface area (Å²) >= 11 is 0. The third-order valence-electron chi connectivity index (χ3n) is 6.61. The number of sulfonamides is 1. The van der Waals surface area contributed by atoms with Gasteiger partial charge in [0, 0.05) is 32.2 Å². The molecule has 0 radical (unpaired) electrons. The van der Waals surface area contributed by atoms with Gasteiger partial charge in [-0.15, -0.1) is 0 Å². The van der Waals surface area contributed by atoms with Crippen LogP contribution in [0.25, 0.3) is 11.1 Å². The van der Waals surface area contributed by atoms with E-state index in [1.807, 2.05) is 0 Å². The number of oxazole rings is 1. The van der Waals surface area contributed by atoms with E-state index in [1.165, 1.54) is 40.3 Å². The Morgan fingerprint density at radius 1 is 1.06 bits per heavy atom. The van der Waals surface area contributed by atoms with Crippen LogP contribution in [-0.4, -0.2) is 42.3 Å². The quantitative estimate of drug-likeness (QED) is 0.773. The summed E-state index contributed by atoms with van der Waals surface area (Å²) in [5.41, 5.74) is 0.781. The van der Waals surface area contributed by atoms with Gasteiger partial charge in [0.15, 0.2) is 5.58 Å². The highest BCUT2D eigenvalue weighted by molar-refractivity contribution is 7.89. The topological polar surface area (TPSA) is 102 Å². The first-order chi connectivity index (χ1) is 14.9. The minimum atomic E-state index is -3.79. The van der Waals surface area contributed by atoms with E-state index in [0.29, 0.717) is 24.9 Å². The number of piperidine rings is 1. The Balaban J connectivity index is 1.46. The lowest BCUT2D eigenvalue weighted by molar-refractivity contribution is -0.126. The second kappa shape index (κ2) is 9.16. The van der Waals surface area contributed by atoms with Crippen LogP contribution in [-0.2, 0) is 21.9 Å². The highest BCUT2D eigenvalue weighted by atomic mass is 32.2. The average molecular weight is 450 g/mol. The number of carbonyl (C=O) groups excluding carboxylic acids is 1. The largest absolute Gasteiger partial charge is 0.419 e. The molecule has 1 atom stereocenters. The molecule has 4 rings (SSSR count). The second-order valence-electron chi connectivity index (χ2n) is 8.81. The molecule has 1 aromatic heterocycles. The first kappa shape index (κ1) is 22.1. The van der Waals surface area contributed by atoms with Gasteiger partial charge in [-0.3, -0.25) is 9.36 Å². The van der Waals surface area contributed by atoms with Crippen molar-refractivity contribution in [1.82, 2.24) is 14.2 Å². The van der Waals surface area contributed by atoms with Crippen LogP contribution >= 0.6 is 0 Å². The van der Waals surface area contributed by atoms with Crippen molar-refractivity contribution in [3.05, 3.63) is 28.7 Å². The van der Waals surface area contributed by atoms with E-state index in [0.717, 1.165) is 25.7 Å². The molecular weight excluding hydrogens is 418 g/mol. The summed E-state index contributed by atoms with van der Waals surface area (Å²) in [7, 11) is -2.21. The van der Waals surface area contributed by atoms with Gasteiger partial charge in [0.1, 0.15) is 0 Å². The second-order valence-corrected chi connectivity index (χ2v) is 10.7. The number of amides is 1. The van der Waals surface area contributed by atoms with Crippen molar-refractivity contribution in [2.45, 2.75) is 68.7 Å². The predicted octanol–water partition coefficient (Wildman–Crippen LogP) is 2.76. The van der Waals surface area contributed by atoms with Crippen LogP contribution in [0.2, 0.25) is 0 Å². The molecule has 2 aromatic rings. The lowest BCUT2D eigenvalue weighted by atomic mass is 9.94. The van der Waals surface area contributed by atoms with Gasteiger partial charge in [-0.1, -0.05) is 32.1 Å². The number of nitrogens with zero attached hydrogens (tertiary/aromatic N) is 2. The van der Waals surface area contributed by atoms with Crippen molar-refractivity contribution in [2.24, 2.45) is 13.0 Å². The maximum absolute atomic E-state index is 13.2. The molecule has 1 unspecified atom stereocenters. The molecule has 0 bridgehead atoms. The fourth-order valence-corrected chi connectivity index (χ4v) is 6.26. The smallest absolute Gasteiger partial charge is 0.408 e. The Hall–Kier alpha value is -2.13. The molecule has 1 aliphatic carbocycles. The molecule has 0 spiro atoms. The number of aromatic nitrogens is 1. The summed E-state index contributed by atoms with van der Waals surface area (Å²) in [6.45, 7) is 0.560. The molecule has 2 aliphatic rings. The van der Waals surface area contributed by atoms with E-state index in [-0.39, 0.29) is 34.9 Å². The normalized spacial score (nSPS) is 22.2. The molecular formula is C22H31N3O5S. The zero-order valence-corrected chi connectivity index (χ0v) is 18.8. The van der Waals surface area contributed by atoms with E-state index >= 15 is 0 Å². The molecule has 1 aliphatic heterocycles. The van der Waals surface area contributed by atoms with Crippen molar-refractivity contribution in [1.29, 1.82) is 0 Å². The Morgan fingerprint density at radius 2 is 1.77 bits per heavy atom. The van der Waals surface area contributed by atoms with Gasteiger partial charge in [0.05, 0.1) is 16.3 Å². The lowest BCUT2D eigenvalue weighted by Crippen LogP contribution is -2.47. The van der Waals surface area contributed by atoms with Crippen LogP contribution in [0.3, 0.4) is 0 Å². The van der Waals surface area contributed by atoms with Crippen molar-refractivity contribution in [2.75, 3.05) is 13.1 Å². The summed E-state index contributed by atoms with van der Waals surface area (Å²) < 4.78 is 34.3. The molecule has 9 heteroatoms. The molecule has 2 heterocycles. The fourth-order valence-electron chi connectivity index (χ4n) is 4.72. The minimum Gasteiger partial charge on any atom is -0.408 e. The summed E-state index contributed by atoms with van der Waals surface area (Å²) in [6.07, 6.45) is 9.31. The maximum atomic E-state index is 13.2. The fraction of sp³-hybridized carbons (Fsp3) is 0.636. The number of hydrogen-bond donors (Lipinski definition) is 1. The number of fused-ring (bicyclic) bond motifs is 1. The number of aryl methyl sites for hydroxylation is 1. The van der Waals surface area contributed by atoms with Gasteiger partial charge in [-0.2, -0.15) is 4.31 Å². The molecule has 170 valence electrons. The zero-order valence-electron chi connectivity index (χ0n) is 18.0. The number of nitrogens with one attached hydrogen (secondary N) is 1. The lowest BCUT2D eigenvalue weighted by Gasteiger charge is -2.32. The Bertz CT molecular complexity index is 1100. The Morgan fingerprint density at radius 3 is 2.52 bits per heavy atom. The van der Waals surface area contributed by atoms with Crippen LogP contribution in [0.4, 0.5) is 0 Å². The van der Waals surface area contributed by atoms with Crippen molar-refractivity contribution < 1.29 is 17.6 Å². The molecule has 1 aromatic carbocycles. The van der Waals surface area contributed by atoms with Gasteiger partial charge in [0.25, 0.3) is 0 Å². The van der Waals surface area contributed by atoms with Crippen molar-refractivity contribution in [3.63, 3.8) is 0 Å². The SMILES string of the molecule is Cn1c(=O)oc2cc(S(=O)(=O)N3CCCC(C(=O)NC4CCCCCCC4)C3)ccc21. The van der Waals surface area contributed by atoms with Crippen LogP contribution in [0.15, 0.2) is 32.3 Å². The van der Waals surface area contributed by atoms with Crippen molar-refractivity contribution >= 4 is 27.0 Å². The highest BCUT2D eigenvalue weighted by Gasteiger charge is 2.34. The van der Waals surface area contributed by atoms with E-state index in [9.17, 15) is 18.0 Å². The number of benzene rings is 1. The van der Waals surface area contributed by atoms with E-state index in [4.69, 9.17) is 4.42 Å². The maximum Gasteiger partial charge on any atom is 0.419 e. The first-order valence-electron chi connectivity index (χ1n) is 11.3. The van der Waals surface area contributed by atoms with Gasteiger partial charge in [-0.05, 0) is 37.8 Å². The van der Waals surface area contributed by atoms with E-state index < -0.39 is 15.8 Å². The van der Waals surface area contributed by atoms with E-state index in [2.05, 4.69) is 5.32 Å². The van der Waals surface area contributed by atoms with Crippen LogP contribution in [0.1, 0.15) is 57.8 Å². The monoisotopic (exact) mass is 449 g/mol. The molecule has 2 fully saturated rings. The molecule has 1 amide bonds. The van der Waals surface area contributed by atoms with Crippen molar-refractivity contribution in [3.8, 4) is 0 Å². The summed E-state index contributed by atoms with van der Waals surface area (Å²) in [5.74, 6) is -0.907. The van der Waals surface area contributed by atoms with Crippen LogP contribution in [0.5, 0.6) is 0 Å². The summed E-state index contributed by atoms with van der Waals surface area (Å²) in [5, 5.41) is 3.19. The van der Waals surface area contributed by atoms with Gasteiger partial charge in [0.2, 0.25) is 15.9 Å². The zero-order chi connectivity index (χ0) is 22.0. The number of carbonyl (C=O) groups is 1. The standard InChI is InChI=1S/C22H31N3O5S/c1-24-19-12-11-18(14-20(19)30-22(24)27)31(28,29)25-13-7-8-16(15-25)21(26)23-17-9-5-3-2-4-6-10-17/h11-12,14,16-17H,2-10,13,15H2,1H3,(H,23,26). The molecule has 1 saturated heterocycles. The third kappa shape index (κ3) is 4.72. The summed E-state index contributed by atoms with van der Waals surface area (Å²) in [6, 6.07) is 4.66. The molecule has 8 nitrogen and oxygen atoms in total. The summed E-state index contributed by atoms with van der Waals surface area (Å²) in [4.78, 5) is 24.7. The molecule has 1 saturated carbocycles. The number of rotatable bonds is 4. The van der Waals surface area contributed by atoms with Gasteiger partial charge in [-0.25, -0.2) is 13.2 Å². The van der Waals surface area contributed by atoms with Crippen LogP contribution in [0, 0.1) is 5.92 Å². The van der Waals surface area contributed by atoms with Gasteiger partial charge >= 0.3 is 5.76 Å². The number of hydrogen-bond acceptors (Lipinski definition) is 5. The van der Waals surface area contributed by atoms with Crippen LogP contribution < -0.4 is 11.1 Å².